The fourth-order valence-electron chi connectivity index (χ4n) is 0.266. The molecular weight excluding hydrogens is 98.1 g/mol. The first-order chi connectivity index (χ1) is 3.81. The summed E-state index contributed by atoms with van der Waals surface area (Å²) in [6, 6.07) is 0. The Morgan fingerprint density at radius 3 is 2.62 bits per heavy atom. The number of aliphatic imine (C=N–C) groups is 1. The fourth-order valence-corrected chi connectivity index (χ4v) is 0.266. The van der Waals surface area contributed by atoms with Gasteiger partial charge in [-0.3, -0.25) is 4.99 Å². The van der Waals surface area contributed by atoms with E-state index >= 15 is 0 Å². The molecule has 0 aliphatic heterocycles. The van der Waals surface area contributed by atoms with Gasteiger partial charge in [-0.15, -0.1) is 0 Å². The van der Waals surface area contributed by atoms with E-state index in [1.807, 2.05) is 26.0 Å². The van der Waals surface area contributed by atoms with Gasteiger partial charge in [0.05, 0.1) is 0 Å². The maximum atomic E-state index is 3.55. The van der Waals surface area contributed by atoms with Gasteiger partial charge in [0.2, 0.25) is 0 Å². The third-order valence-electron chi connectivity index (χ3n) is 0.898. The van der Waals surface area contributed by atoms with Crippen LogP contribution in [0.5, 0.6) is 0 Å². The monoisotopic (exact) mass is 109 g/mol. The van der Waals surface area contributed by atoms with Gasteiger partial charge in [-0.05, 0) is 26.6 Å². The molecule has 0 saturated carbocycles. The van der Waals surface area contributed by atoms with Crippen molar-refractivity contribution in [1.82, 2.24) is 0 Å². The topological polar surface area (TPSA) is 12.4 Å². The van der Waals surface area contributed by atoms with E-state index in [-0.39, 0.29) is 0 Å². The van der Waals surface area contributed by atoms with Crippen LogP contribution in [0.1, 0.15) is 13.8 Å². The van der Waals surface area contributed by atoms with Crippen LogP contribution in [-0.2, 0) is 0 Å². The first-order valence-electron chi connectivity index (χ1n) is 2.56. The maximum Gasteiger partial charge on any atom is 0.0263 e. The summed E-state index contributed by atoms with van der Waals surface area (Å²) in [5, 5.41) is 0. The Balaban J connectivity index is 3.69. The number of allylic oxidation sites excluding steroid dienone is 3. The molecule has 0 rings (SSSR count). The highest BCUT2D eigenvalue weighted by atomic mass is 14.6. The number of hydrogen-bond acceptors (Lipinski definition) is 1. The molecule has 0 aromatic carbocycles. The molecule has 0 heterocycles. The Morgan fingerprint density at radius 2 is 2.25 bits per heavy atom. The van der Waals surface area contributed by atoms with Crippen LogP contribution >= 0.6 is 0 Å². The van der Waals surface area contributed by atoms with Crippen LogP contribution < -0.4 is 0 Å². The van der Waals surface area contributed by atoms with Crippen molar-refractivity contribution in [2.45, 2.75) is 13.8 Å². The molecule has 0 saturated heterocycles. The zero-order valence-corrected chi connectivity index (χ0v) is 5.39. The number of hydrogen-bond donors (Lipinski definition) is 0. The van der Waals surface area contributed by atoms with E-state index in [1.165, 1.54) is 5.57 Å². The summed E-state index contributed by atoms with van der Waals surface area (Å²) in [6.45, 7) is 7.31. The zero-order chi connectivity index (χ0) is 6.41. The molecule has 0 radical (unpaired) electrons. The highest BCUT2D eigenvalue weighted by molar-refractivity contribution is 5.27. The Kier molecular flexibility index (Phi) is 3.85. The van der Waals surface area contributed by atoms with Gasteiger partial charge >= 0.3 is 0 Å². The molecule has 0 aromatic heterocycles. The summed E-state index contributed by atoms with van der Waals surface area (Å²) in [5.41, 5.74) is 1.21. The minimum atomic E-state index is 1.21. The van der Waals surface area contributed by atoms with Gasteiger partial charge < -0.3 is 0 Å². The smallest absolute Gasteiger partial charge is 0.0263 e. The zero-order valence-electron chi connectivity index (χ0n) is 5.39. The average Bonchev–Trinajstić information content (AvgIpc) is 1.83. The molecule has 0 unspecified atom stereocenters. The second-order valence-corrected chi connectivity index (χ2v) is 1.53. The van der Waals surface area contributed by atoms with Gasteiger partial charge in [-0.25, -0.2) is 0 Å². The standard InChI is InChI=1S/C7H11N/c1-4-7(2)5-6-8-3/h4-6H,3H2,1-2H3/b6-5-,7-4-. The summed E-state index contributed by atoms with van der Waals surface area (Å²) in [5.74, 6) is 0. The summed E-state index contributed by atoms with van der Waals surface area (Å²) in [4.78, 5) is 3.55. The Morgan fingerprint density at radius 1 is 1.62 bits per heavy atom. The molecule has 0 aromatic rings. The lowest BCUT2D eigenvalue weighted by atomic mass is 10.3. The Bertz CT molecular complexity index is 120. The Labute approximate surface area is 50.4 Å². The molecule has 0 N–H and O–H groups in total. The van der Waals surface area contributed by atoms with Crippen LogP contribution in [0.2, 0.25) is 0 Å². The van der Waals surface area contributed by atoms with E-state index < -0.39 is 0 Å². The van der Waals surface area contributed by atoms with Crippen molar-refractivity contribution in [1.29, 1.82) is 0 Å². The minimum absolute atomic E-state index is 1.21. The van der Waals surface area contributed by atoms with Crippen molar-refractivity contribution < 1.29 is 0 Å². The number of rotatable bonds is 2. The predicted octanol–water partition coefficient (Wildman–Crippen LogP) is 2.17. The molecule has 1 heteroatoms. The summed E-state index contributed by atoms with van der Waals surface area (Å²) in [6.07, 6.45) is 5.60. The minimum Gasteiger partial charge on any atom is -0.273 e. The van der Waals surface area contributed by atoms with E-state index in [0.29, 0.717) is 0 Å². The van der Waals surface area contributed by atoms with Crippen LogP contribution in [0, 0.1) is 0 Å². The molecule has 0 atom stereocenters. The third kappa shape index (κ3) is 3.34. The van der Waals surface area contributed by atoms with Gasteiger partial charge in [0.15, 0.2) is 0 Å². The molecule has 0 bridgehead atoms. The molecule has 0 fully saturated rings. The molecule has 44 valence electrons. The van der Waals surface area contributed by atoms with Gasteiger partial charge in [-0.2, -0.15) is 0 Å². The number of nitrogens with zero attached hydrogens (tertiary/aromatic N) is 1. The van der Waals surface area contributed by atoms with Crippen LogP contribution in [-0.4, -0.2) is 6.72 Å². The van der Waals surface area contributed by atoms with Crippen LogP contribution in [0.3, 0.4) is 0 Å². The lowest BCUT2D eigenvalue weighted by Crippen LogP contribution is -1.61. The second-order valence-electron chi connectivity index (χ2n) is 1.53. The maximum absolute atomic E-state index is 3.55. The molecule has 8 heavy (non-hydrogen) atoms. The third-order valence-corrected chi connectivity index (χ3v) is 0.898. The van der Waals surface area contributed by atoms with Crippen molar-refractivity contribution >= 4 is 6.72 Å². The summed E-state index contributed by atoms with van der Waals surface area (Å²) < 4.78 is 0. The van der Waals surface area contributed by atoms with E-state index in [4.69, 9.17) is 0 Å². The van der Waals surface area contributed by atoms with E-state index in [0.717, 1.165) is 0 Å². The fraction of sp³-hybridized carbons (Fsp3) is 0.286. The van der Waals surface area contributed by atoms with Gasteiger partial charge in [0.1, 0.15) is 0 Å². The van der Waals surface area contributed by atoms with Crippen molar-refractivity contribution in [3.63, 3.8) is 0 Å². The quantitative estimate of drug-likeness (QED) is 0.380. The van der Waals surface area contributed by atoms with Crippen molar-refractivity contribution in [3.8, 4) is 0 Å². The summed E-state index contributed by atoms with van der Waals surface area (Å²) >= 11 is 0. The van der Waals surface area contributed by atoms with Crippen molar-refractivity contribution in [2.75, 3.05) is 0 Å². The predicted molar refractivity (Wildman–Crippen MR) is 38.1 cm³/mol. The first kappa shape index (κ1) is 7.15. The second kappa shape index (κ2) is 4.31. The van der Waals surface area contributed by atoms with Crippen molar-refractivity contribution in [2.24, 2.45) is 4.99 Å². The first-order valence-corrected chi connectivity index (χ1v) is 2.56. The normalized spacial score (nSPS) is 12.5. The average molecular weight is 109 g/mol. The van der Waals surface area contributed by atoms with E-state index in [9.17, 15) is 0 Å². The highest BCUT2D eigenvalue weighted by Crippen LogP contribution is 1.91. The van der Waals surface area contributed by atoms with E-state index in [1.54, 1.807) is 6.20 Å². The largest absolute Gasteiger partial charge is 0.273 e. The lowest BCUT2D eigenvalue weighted by Gasteiger charge is -1.81. The SMILES string of the molecule is C=N/C=C\C(C)=C/C. The molecule has 0 spiro atoms. The van der Waals surface area contributed by atoms with Gasteiger partial charge in [-0.1, -0.05) is 11.6 Å². The Hall–Kier alpha value is -0.850. The molecule has 0 aliphatic carbocycles. The van der Waals surface area contributed by atoms with Crippen molar-refractivity contribution in [3.05, 3.63) is 23.9 Å². The van der Waals surface area contributed by atoms with Crippen LogP contribution in [0.15, 0.2) is 28.9 Å². The molecule has 1 nitrogen and oxygen atoms in total. The highest BCUT2D eigenvalue weighted by Gasteiger charge is 1.71. The van der Waals surface area contributed by atoms with Gasteiger partial charge in [0.25, 0.3) is 0 Å². The van der Waals surface area contributed by atoms with Crippen LogP contribution in [0.25, 0.3) is 0 Å². The summed E-state index contributed by atoms with van der Waals surface area (Å²) in [7, 11) is 0. The van der Waals surface area contributed by atoms with E-state index in [2.05, 4.69) is 11.7 Å². The van der Waals surface area contributed by atoms with Gasteiger partial charge in [0, 0.05) is 6.20 Å². The molecule has 0 amide bonds. The molecular formula is C7H11N. The molecule has 0 aliphatic rings. The lowest BCUT2D eigenvalue weighted by molar-refractivity contribution is 1.45. The van der Waals surface area contributed by atoms with Crippen LogP contribution in [0.4, 0.5) is 0 Å².